The fourth-order valence-electron chi connectivity index (χ4n) is 1.67. The number of carbonyl (C=O) groups excluding carboxylic acids is 1. The maximum Gasteiger partial charge on any atom is 0.119 e. The van der Waals surface area contributed by atoms with Crippen molar-refractivity contribution in [3.63, 3.8) is 0 Å². The summed E-state index contributed by atoms with van der Waals surface area (Å²) in [5.41, 5.74) is 0. The van der Waals surface area contributed by atoms with Crippen LogP contribution in [0, 0.1) is 0 Å². The molecular weight excluding hydrogens is 220 g/mol. The van der Waals surface area contributed by atoms with Crippen molar-refractivity contribution in [2.75, 3.05) is 0 Å². The number of allylic oxidation sites excluding steroid dienone is 6. The van der Waals surface area contributed by atoms with Gasteiger partial charge in [0.05, 0.1) is 0 Å². The van der Waals surface area contributed by atoms with E-state index in [0.29, 0.717) is 0 Å². The molecule has 0 aromatic carbocycles. The second kappa shape index (κ2) is 15.9. The van der Waals surface area contributed by atoms with Gasteiger partial charge in [-0.2, -0.15) is 0 Å². The van der Waals surface area contributed by atoms with Crippen LogP contribution in [-0.2, 0) is 4.79 Å². The summed E-state index contributed by atoms with van der Waals surface area (Å²) in [6.07, 6.45) is 24.2. The zero-order valence-electron chi connectivity index (χ0n) is 11.8. The van der Waals surface area contributed by atoms with E-state index in [1.807, 2.05) is 0 Å². The van der Waals surface area contributed by atoms with Crippen molar-refractivity contribution in [3.05, 3.63) is 36.5 Å². The standard InChI is InChI=1S/C17H28O/c1-2-3-4-5-6-7-8-9-10-11-12-13-14-15-16-17-18/h3-4,6-7,9-10,17H,2,5,8,11-16H2,1H3. The molecule has 0 spiro atoms. The molecule has 0 aliphatic heterocycles. The van der Waals surface area contributed by atoms with E-state index in [1.54, 1.807) is 0 Å². The van der Waals surface area contributed by atoms with Gasteiger partial charge in [-0.1, -0.05) is 56.2 Å². The normalized spacial score (nSPS) is 12.1. The molecule has 0 radical (unpaired) electrons. The third kappa shape index (κ3) is 14.9. The average Bonchev–Trinajstić information content (AvgIpc) is 2.39. The van der Waals surface area contributed by atoms with Crippen molar-refractivity contribution in [2.45, 2.75) is 64.7 Å². The second-order valence-corrected chi connectivity index (χ2v) is 4.45. The Bertz CT molecular complexity index is 248. The van der Waals surface area contributed by atoms with Gasteiger partial charge < -0.3 is 4.79 Å². The van der Waals surface area contributed by atoms with Gasteiger partial charge in [-0.15, -0.1) is 0 Å². The maximum atomic E-state index is 10.1. The van der Waals surface area contributed by atoms with Crippen LogP contribution in [-0.4, -0.2) is 6.29 Å². The van der Waals surface area contributed by atoms with E-state index in [2.05, 4.69) is 43.4 Å². The summed E-state index contributed by atoms with van der Waals surface area (Å²) < 4.78 is 0. The molecule has 0 saturated carbocycles. The van der Waals surface area contributed by atoms with E-state index in [0.717, 1.165) is 38.4 Å². The van der Waals surface area contributed by atoms with Crippen molar-refractivity contribution in [2.24, 2.45) is 0 Å². The molecule has 0 unspecified atom stereocenters. The smallest absolute Gasteiger partial charge is 0.119 e. The van der Waals surface area contributed by atoms with Gasteiger partial charge in [-0.05, 0) is 38.5 Å². The molecule has 1 nitrogen and oxygen atoms in total. The highest BCUT2D eigenvalue weighted by atomic mass is 16.1. The van der Waals surface area contributed by atoms with Crippen molar-refractivity contribution in [1.29, 1.82) is 0 Å². The molecule has 0 aromatic heterocycles. The van der Waals surface area contributed by atoms with Crippen LogP contribution >= 0.6 is 0 Å². The minimum absolute atomic E-state index is 0.729. The molecule has 0 atom stereocenters. The van der Waals surface area contributed by atoms with Crippen LogP contribution in [0.2, 0.25) is 0 Å². The van der Waals surface area contributed by atoms with Crippen LogP contribution in [0.1, 0.15) is 64.7 Å². The summed E-state index contributed by atoms with van der Waals surface area (Å²) in [6.45, 7) is 2.15. The number of hydrogen-bond donors (Lipinski definition) is 0. The Hall–Kier alpha value is -1.11. The Labute approximate surface area is 113 Å². The molecule has 0 amide bonds. The minimum Gasteiger partial charge on any atom is -0.303 e. The molecule has 0 fully saturated rings. The summed E-state index contributed by atoms with van der Waals surface area (Å²) in [6, 6.07) is 0. The molecule has 0 N–H and O–H groups in total. The van der Waals surface area contributed by atoms with E-state index in [9.17, 15) is 4.79 Å². The van der Waals surface area contributed by atoms with Crippen LogP contribution in [0.5, 0.6) is 0 Å². The lowest BCUT2D eigenvalue weighted by Crippen LogP contribution is -1.79. The van der Waals surface area contributed by atoms with E-state index < -0.39 is 0 Å². The van der Waals surface area contributed by atoms with Crippen molar-refractivity contribution in [1.82, 2.24) is 0 Å². The molecular formula is C17H28O. The van der Waals surface area contributed by atoms with Crippen LogP contribution in [0.25, 0.3) is 0 Å². The molecule has 0 aliphatic carbocycles. The molecule has 0 bridgehead atoms. The van der Waals surface area contributed by atoms with Gasteiger partial charge in [0.2, 0.25) is 0 Å². The predicted molar refractivity (Wildman–Crippen MR) is 80.7 cm³/mol. The lowest BCUT2D eigenvalue weighted by Gasteiger charge is -1.95. The van der Waals surface area contributed by atoms with Gasteiger partial charge in [0.15, 0.2) is 0 Å². The first kappa shape index (κ1) is 16.9. The van der Waals surface area contributed by atoms with E-state index in [1.165, 1.54) is 25.7 Å². The Morgan fingerprint density at radius 1 is 0.667 bits per heavy atom. The zero-order valence-corrected chi connectivity index (χ0v) is 11.8. The largest absolute Gasteiger partial charge is 0.303 e. The fraction of sp³-hybridized carbons (Fsp3) is 0.588. The number of unbranched alkanes of at least 4 members (excludes halogenated alkanes) is 5. The Balaban J connectivity index is 3.22. The highest BCUT2D eigenvalue weighted by Gasteiger charge is 1.87. The van der Waals surface area contributed by atoms with Crippen LogP contribution in [0.15, 0.2) is 36.5 Å². The van der Waals surface area contributed by atoms with Gasteiger partial charge >= 0.3 is 0 Å². The number of aldehydes is 1. The van der Waals surface area contributed by atoms with Crippen LogP contribution < -0.4 is 0 Å². The summed E-state index contributed by atoms with van der Waals surface area (Å²) in [4.78, 5) is 10.1. The summed E-state index contributed by atoms with van der Waals surface area (Å²) in [5.74, 6) is 0. The first-order valence-corrected chi connectivity index (χ1v) is 7.30. The second-order valence-electron chi connectivity index (χ2n) is 4.45. The average molecular weight is 248 g/mol. The highest BCUT2D eigenvalue weighted by molar-refractivity contribution is 5.48. The number of carbonyl (C=O) groups is 1. The topological polar surface area (TPSA) is 17.1 Å². The zero-order chi connectivity index (χ0) is 13.3. The maximum absolute atomic E-state index is 10.1. The number of rotatable bonds is 12. The van der Waals surface area contributed by atoms with Crippen molar-refractivity contribution >= 4 is 6.29 Å². The molecule has 0 rings (SSSR count). The first-order chi connectivity index (χ1) is 8.91. The van der Waals surface area contributed by atoms with Crippen molar-refractivity contribution in [3.8, 4) is 0 Å². The van der Waals surface area contributed by atoms with Gasteiger partial charge in [0, 0.05) is 6.42 Å². The van der Waals surface area contributed by atoms with Crippen LogP contribution in [0.4, 0.5) is 0 Å². The molecule has 18 heavy (non-hydrogen) atoms. The van der Waals surface area contributed by atoms with Gasteiger partial charge in [-0.3, -0.25) is 0 Å². The predicted octanol–water partition coefficient (Wildman–Crippen LogP) is 5.38. The third-order valence-corrected chi connectivity index (χ3v) is 2.72. The summed E-state index contributed by atoms with van der Waals surface area (Å²) in [5, 5.41) is 0. The fourth-order valence-corrected chi connectivity index (χ4v) is 1.67. The van der Waals surface area contributed by atoms with Gasteiger partial charge in [-0.25, -0.2) is 0 Å². The van der Waals surface area contributed by atoms with Gasteiger partial charge in [0.25, 0.3) is 0 Å². The lowest BCUT2D eigenvalue weighted by atomic mass is 10.1. The van der Waals surface area contributed by atoms with E-state index in [-0.39, 0.29) is 0 Å². The molecule has 102 valence electrons. The monoisotopic (exact) mass is 248 g/mol. The van der Waals surface area contributed by atoms with Crippen molar-refractivity contribution < 1.29 is 4.79 Å². The quantitative estimate of drug-likeness (QED) is 0.257. The minimum atomic E-state index is 0.729. The summed E-state index contributed by atoms with van der Waals surface area (Å²) >= 11 is 0. The Morgan fingerprint density at radius 2 is 1.22 bits per heavy atom. The first-order valence-electron chi connectivity index (χ1n) is 7.30. The SMILES string of the molecule is CCC=CCC=CCC=CCCCCCCC=O. The molecule has 0 aromatic rings. The molecule has 0 aliphatic rings. The van der Waals surface area contributed by atoms with E-state index in [4.69, 9.17) is 0 Å². The summed E-state index contributed by atoms with van der Waals surface area (Å²) in [7, 11) is 0. The van der Waals surface area contributed by atoms with Crippen LogP contribution in [0.3, 0.4) is 0 Å². The molecule has 0 heterocycles. The third-order valence-electron chi connectivity index (χ3n) is 2.72. The highest BCUT2D eigenvalue weighted by Crippen LogP contribution is 2.05. The lowest BCUT2D eigenvalue weighted by molar-refractivity contribution is -0.107. The van der Waals surface area contributed by atoms with Gasteiger partial charge in [0.1, 0.15) is 6.29 Å². The Morgan fingerprint density at radius 3 is 1.83 bits per heavy atom. The Kier molecular flexibility index (Phi) is 14.9. The molecule has 1 heteroatoms. The molecule has 0 saturated heterocycles. The van der Waals surface area contributed by atoms with E-state index >= 15 is 0 Å². The number of hydrogen-bond acceptors (Lipinski definition) is 1.